The van der Waals surface area contributed by atoms with E-state index >= 15 is 0 Å². The smallest absolute Gasteiger partial charge is 0.0837 e. The molecule has 1 aromatic carbocycles. The number of halogens is 1. The van der Waals surface area contributed by atoms with Crippen LogP contribution in [0, 0.1) is 0 Å². The zero-order valence-electron chi connectivity index (χ0n) is 11.8. The largest absolute Gasteiger partial charge is 0.308 e. The third-order valence-corrected chi connectivity index (χ3v) is 3.73. The van der Waals surface area contributed by atoms with Crippen molar-refractivity contribution >= 4 is 11.6 Å². The van der Waals surface area contributed by atoms with E-state index in [2.05, 4.69) is 48.5 Å². The Morgan fingerprint density at radius 2 is 1.74 bits per heavy atom. The van der Waals surface area contributed by atoms with Crippen LogP contribution in [-0.4, -0.2) is 16.8 Å². The van der Waals surface area contributed by atoms with Crippen LogP contribution in [-0.2, 0) is 7.05 Å². The topological polar surface area (TPSA) is 29.9 Å². The Morgan fingerprint density at radius 1 is 1.16 bits per heavy atom. The Bertz CT molecular complexity index is 524. The first kappa shape index (κ1) is 14.1. The van der Waals surface area contributed by atoms with Crippen LogP contribution in [0.2, 0.25) is 5.02 Å². The molecule has 0 fully saturated rings. The van der Waals surface area contributed by atoms with Gasteiger partial charge in [-0.05, 0) is 24.1 Å². The van der Waals surface area contributed by atoms with Crippen LogP contribution < -0.4 is 5.32 Å². The first-order valence-electron chi connectivity index (χ1n) is 6.49. The summed E-state index contributed by atoms with van der Waals surface area (Å²) >= 11 is 6.23. The number of aromatic nitrogens is 2. The van der Waals surface area contributed by atoms with Crippen molar-refractivity contribution in [2.45, 2.75) is 25.8 Å². The fourth-order valence-corrected chi connectivity index (χ4v) is 2.55. The van der Waals surface area contributed by atoms with Crippen LogP contribution in [0.25, 0.3) is 0 Å². The molecule has 1 atom stereocenters. The van der Waals surface area contributed by atoms with Crippen LogP contribution in [0.1, 0.15) is 42.6 Å². The second kappa shape index (κ2) is 5.76. The summed E-state index contributed by atoms with van der Waals surface area (Å²) in [7, 11) is 3.85. The maximum atomic E-state index is 6.23. The molecule has 2 aromatic rings. The van der Waals surface area contributed by atoms with Gasteiger partial charge in [-0.3, -0.25) is 4.68 Å². The second-order valence-electron chi connectivity index (χ2n) is 5.04. The van der Waals surface area contributed by atoms with Gasteiger partial charge in [0.25, 0.3) is 0 Å². The highest BCUT2D eigenvalue weighted by atomic mass is 35.5. The van der Waals surface area contributed by atoms with Gasteiger partial charge in [-0.2, -0.15) is 5.10 Å². The van der Waals surface area contributed by atoms with Gasteiger partial charge in [0.05, 0.1) is 23.0 Å². The monoisotopic (exact) mass is 277 g/mol. The summed E-state index contributed by atoms with van der Waals surface area (Å²) in [6, 6.07) is 8.71. The van der Waals surface area contributed by atoms with E-state index in [9.17, 15) is 0 Å². The second-order valence-corrected chi connectivity index (χ2v) is 5.45. The van der Waals surface area contributed by atoms with Gasteiger partial charge in [0, 0.05) is 7.05 Å². The highest BCUT2D eigenvalue weighted by molar-refractivity contribution is 6.31. The Kier molecular flexibility index (Phi) is 4.27. The van der Waals surface area contributed by atoms with Crippen molar-refractivity contribution in [2.24, 2.45) is 7.05 Å². The predicted octanol–water partition coefficient (Wildman–Crippen LogP) is 3.51. The zero-order chi connectivity index (χ0) is 14.0. The highest BCUT2D eigenvalue weighted by Crippen LogP contribution is 2.28. The number of nitrogens with one attached hydrogen (secondary N) is 1. The van der Waals surface area contributed by atoms with Gasteiger partial charge in [-0.15, -0.1) is 0 Å². The number of hydrogen-bond donors (Lipinski definition) is 1. The lowest BCUT2D eigenvalue weighted by atomic mass is 9.98. The summed E-state index contributed by atoms with van der Waals surface area (Å²) < 4.78 is 1.82. The lowest BCUT2D eigenvalue weighted by Crippen LogP contribution is -2.21. The van der Waals surface area contributed by atoms with E-state index in [0.717, 1.165) is 5.69 Å². The van der Waals surface area contributed by atoms with E-state index in [1.54, 1.807) is 6.20 Å². The van der Waals surface area contributed by atoms with E-state index in [0.29, 0.717) is 10.9 Å². The molecule has 0 aliphatic rings. The summed E-state index contributed by atoms with van der Waals surface area (Å²) in [5.74, 6) is 0.544. The van der Waals surface area contributed by atoms with E-state index in [4.69, 9.17) is 11.6 Å². The minimum absolute atomic E-state index is 0.0567. The molecule has 1 unspecified atom stereocenters. The molecule has 0 saturated carbocycles. The molecule has 1 heterocycles. The molecule has 3 nitrogen and oxygen atoms in total. The van der Waals surface area contributed by atoms with Gasteiger partial charge in [0.1, 0.15) is 0 Å². The quantitative estimate of drug-likeness (QED) is 0.927. The molecule has 0 radical (unpaired) electrons. The number of rotatable bonds is 4. The molecule has 0 bridgehead atoms. The molecule has 1 N–H and O–H groups in total. The molecular weight excluding hydrogens is 258 g/mol. The van der Waals surface area contributed by atoms with E-state index in [1.807, 2.05) is 18.8 Å². The van der Waals surface area contributed by atoms with E-state index < -0.39 is 0 Å². The first-order valence-corrected chi connectivity index (χ1v) is 6.87. The molecule has 0 aliphatic heterocycles. The molecule has 19 heavy (non-hydrogen) atoms. The van der Waals surface area contributed by atoms with Crippen molar-refractivity contribution in [1.29, 1.82) is 0 Å². The molecule has 0 amide bonds. The molecule has 1 aromatic heterocycles. The van der Waals surface area contributed by atoms with Crippen molar-refractivity contribution in [2.75, 3.05) is 7.05 Å². The van der Waals surface area contributed by atoms with E-state index in [-0.39, 0.29) is 6.04 Å². The van der Waals surface area contributed by atoms with Crippen LogP contribution in [0.4, 0.5) is 0 Å². The summed E-state index contributed by atoms with van der Waals surface area (Å²) in [5.41, 5.74) is 3.52. The average molecular weight is 278 g/mol. The Hall–Kier alpha value is -1.32. The fraction of sp³-hybridized carbons (Fsp3) is 0.400. The molecule has 102 valence electrons. The number of nitrogens with zero attached hydrogens (tertiary/aromatic N) is 2. The summed E-state index contributed by atoms with van der Waals surface area (Å²) in [5, 5.41) is 8.20. The maximum absolute atomic E-state index is 6.23. The molecular formula is C15H20ClN3. The third kappa shape index (κ3) is 2.82. The molecule has 0 aliphatic carbocycles. The standard InChI is InChI=1S/C15H20ClN3/c1-10(2)11-5-7-12(8-6-11)14(17-3)15-13(16)9-18-19(15)4/h5-10,14,17H,1-4H3. The number of benzene rings is 1. The maximum Gasteiger partial charge on any atom is 0.0837 e. The van der Waals surface area contributed by atoms with Crippen LogP contribution in [0.3, 0.4) is 0 Å². The zero-order valence-corrected chi connectivity index (χ0v) is 12.6. The van der Waals surface area contributed by atoms with Crippen LogP contribution in [0.5, 0.6) is 0 Å². The fourth-order valence-electron chi connectivity index (χ4n) is 2.28. The average Bonchev–Trinajstić information content (AvgIpc) is 2.72. The van der Waals surface area contributed by atoms with Crippen molar-refractivity contribution in [3.63, 3.8) is 0 Å². The van der Waals surface area contributed by atoms with Gasteiger partial charge in [0.15, 0.2) is 0 Å². The first-order chi connectivity index (χ1) is 9.04. The predicted molar refractivity (Wildman–Crippen MR) is 79.7 cm³/mol. The minimum Gasteiger partial charge on any atom is -0.308 e. The Morgan fingerprint density at radius 3 is 2.16 bits per heavy atom. The van der Waals surface area contributed by atoms with Gasteiger partial charge in [0.2, 0.25) is 0 Å². The third-order valence-electron chi connectivity index (χ3n) is 3.44. The van der Waals surface area contributed by atoms with Gasteiger partial charge in [-0.1, -0.05) is 49.7 Å². The highest BCUT2D eigenvalue weighted by Gasteiger charge is 2.19. The summed E-state index contributed by atoms with van der Waals surface area (Å²) in [4.78, 5) is 0. The normalized spacial score (nSPS) is 12.9. The van der Waals surface area contributed by atoms with Gasteiger partial charge in [-0.25, -0.2) is 0 Å². The molecule has 0 saturated heterocycles. The van der Waals surface area contributed by atoms with Crippen molar-refractivity contribution in [3.05, 3.63) is 52.3 Å². The number of hydrogen-bond acceptors (Lipinski definition) is 2. The van der Waals surface area contributed by atoms with Crippen molar-refractivity contribution in [1.82, 2.24) is 15.1 Å². The molecule has 2 rings (SSSR count). The Balaban J connectivity index is 2.37. The summed E-state index contributed by atoms with van der Waals surface area (Å²) in [6.45, 7) is 4.39. The minimum atomic E-state index is 0.0567. The van der Waals surface area contributed by atoms with Crippen LogP contribution >= 0.6 is 11.6 Å². The Labute approximate surface area is 119 Å². The van der Waals surface area contributed by atoms with Crippen molar-refractivity contribution in [3.8, 4) is 0 Å². The number of aryl methyl sites for hydroxylation is 1. The van der Waals surface area contributed by atoms with Crippen molar-refractivity contribution < 1.29 is 0 Å². The lowest BCUT2D eigenvalue weighted by molar-refractivity contribution is 0.606. The lowest BCUT2D eigenvalue weighted by Gasteiger charge is -2.18. The van der Waals surface area contributed by atoms with Gasteiger partial charge >= 0.3 is 0 Å². The van der Waals surface area contributed by atoms with Gasteiger partial charge < -0.3 is 5.32 Å². The molecule has 0 spiro atoms. The van der Waals surface area contributed by atoms with Crippen LogP contribution in [0.15, 0.2) is 30.5 Å². The SMILES string of the molecule is CNC(c1ccc(C(C)C)cc1)c1c(Cl)cnn1C. The van der Waals surface area contributed by atoms with E-state index in [1.165, 1.54) is 11.1 Å². The summed E-state index contributed by atoms with van der Waals surface area (Å²) in [6.07, 6.45) is 1.68. The molecule has 4 heteroatoms.